The van der Waals surface area contributed by atoms with Gasteiger partial charge in [-0.25, -0.2) is 4.79 Å². The lowest BCUT2D eigenvalue weighted by Gasteiger charge is -2.50. The van der Waals surface area contributed by atoms with Crippen molar-refractivity contribution in [2.75, 3.05) is 26.9 Å². The predicted octanol–water partition coefficient (Wildman–Crippen LogP) is -6.51. The molecular formula is C23H37N5O14. The molecule has 0 radical (unpaired) electrons. The van der Waals surface area contributed by atoms with Crippen LogP contribution in [0, 0.1) is 0 Å². The first-order valence-electron chi connectivity index (χ1n) is 13.0. The number of hydrogen-bond acceptors (Lipinski definition) is 16. The average molecular weight is 608 g/mol. The topological polar surface area (TPSA) is 293 Å². The van der Waals surface area contributed by atoms with Gasteiger partial charge in [0.1, 0.15) is 36.6 Å². The first-order chi connectivity index (χ1) is 19.8. The van der Waals surface area contributed by atoms with E-state index in [2.05, 4.69) is 5.32 Å². The molecule has 3 saturated heterocycles. The maximum Gasteiger partial charge on any atom is 0.330 e. The number of methoxy groups -OCH3 is 1. The molecule has 238 valence electrons. The zero-order valence-corrected chi connectivity index (χ0v) is 22.7. The monoisotopic (exact) mass is 607 g/mol. The Hall–Kier alpha value is -2.37. The third-order valence-corrected chi connectivity index (χ3v) is 7.33. The molecule has 3 fully saturated rings. The molecule has 0 saturated carbocycles. The van der Waals surface area contributed by atoms with E-state index in [1.54, 1.807) is 0 Å². The van der Waals surface area contributed by atoms with E-state index in [0.717, 1.165) is 30.9 Å². The molecule has 4 heterocycles. The Labute approximate surface area is 237 Å². The van der Waals surface area contributed by atoms with Crippen molar-refractivity contribution in [1.82, 2.24) is 14.9 Å². The van der Waals surface area contributed by atoms with Crippen LogP contribution < -0.4 is 28.0 Å². The number of carbonyl (C=O) groups is 1. The van der Waals surface area contributed by atoms with Gasteiger partial charge in [0.2, 0.25) is 17.9 Å². The number of nitrogens with zero attached hydrogens (tertiary/aromatic N) is 1. The predicted molar refractivity (Wildman–Crippen MR) is 135 cm³/mol. The van der Waals surface area contributed by atoms with Gasteiger partial charge in [0, 0.05) is 26.3 Å². The number of rotatable bonds is 9. The highest BCUT2D eigenvalue weighted by atomic mass is 16.7. The van der Waals surface area contributed by atoms with Crippen LogP contribution >= 0.6 is 0 Å². The van der Waals surface area contributed by atoms with Crippen LogP contribution in [-0.2, 0) is 33.2 Å². The molecule has 3 aliphatic heterocycles. The quantitative estimate of drug-likeness (QED) is 0.118. The van der Waals surface area contributed by atoms with Crippen molar-refractivity contribution in [3.05, 3.63) is 33.1 Å². The number of nitrogens with two attached hydrogens (primary N) is 2. The molecule has 1 amide bonds. The van der Waals surface area contributed by atoms with E-state index >= 15 is 0 Å². The van der Waals surface area contributed by atoms with Crippen molar-refractivity contribution in [1.29, 1.82) is 0 Å². The second kappa shape index (κ2) is 13.1. The summed E-state index contributed by atoms with van der Waals surface area (Å²) in [5.74, 6) is -0.720. The summed E-state index contributed by atoms with van der Waals surface area (Å²) in [5, 5.41) is 55.0. The molecular weight excluding hydrogens is 570 g/mol. The van der Waals surface area contributed by atoms with E-state index < -0.39 is 103 Å². The summed E-state index contributed by atoms with van der Waals surface area (Å²) in [7, 11) is 1.16. The minimum atomic E-state index is -2.47. The average Bonchev–Trinajstić information content (AvgIpc) is 3.21. The van der Waals surface area contributed by atoms with Crippen molar-refractivity contribution in [2.45, 2.75) is 86.3 Å². The number of carbonyl (C=O) groups excluding carboxylic acids is 1. The lowest BCUT2D eigenvalue weighted by atomic mass is 9.92. The lowest BCUT2D eigenvalue weighted by Crippen LogP contribution is -2.75. The minimum Gasteiger partial charge on any atom is -0.394 e. The molecule has 42 heavy (non-hydrogen) atoms. The van der Waals surface area contributed by atoms with E-state index in [1.165, 1.54) is 0 Å². The summed E-state index contributed by atoms with van der Waals surface area (Å²) >= 11 is 0. The van der Waals surface area contributed by atoms with E-state index in [4.69, 9.17) is 39.9 Å². The van der Waals surface area contributed by atoms with E-state index in [0.29, 0.717) is 0 Å². The van der Waals surface area contributed by atoms with Crippen molar-refractivity contribution >= 4 is 5.91 Å². The number of ether oxygens (including phenoxy) is 6. The first kappa shape index (κ1) is 32.5. The number of aromatic amines is 1. The number of H-pyrrole nitrogens is 1. The van der Waals surface area contributed by atoms with Crippen LogP contribution in [0.4, 0.5) is 0 Å². The largest absolute Gasteiger partial charge is 0.394 e. The van der Waals surface area contributed by atoms with Crippen molar-refractivity contribution in [2.24, 2.45) is 11.5 Å². The normalized spacial score (nSPS) is 42.4. The number of amides is 1. The molecule has 3 aliphatic rings. The molecule has 1 aromatic rings. The van der Waals surface area contributed by atoms with Crippen molar-refractivity contribution < 1.29 is 58.7 Å². The van der Waals surface area contributed by atoms with Gasteiger partial charge in [-0.15, -0.1) is 0 Å². The molecule has 19 heteroatoms. The molecule has 11 N–H and O–H groups in total. The van der Waals surface area contributed by atoms with Gasteiger partial charge in [0.25, 0.3) is 5.56 Å². The Balaban J connectivity index is 1.44. The van der Waals surface area contributed by atoms with Gasteiger partial charge in [-0.2, -0.15) is 0 Å². The van der Waals surface area contributed by atoms with Crippen LogP contribution in [0.5, 0.6) is 0 Å². The van der Waals surface area contributed by atoms with Crippen molar-refractivity contribution in [3.8, 4) is 0 Å². The molecule has 0 aromatic carbocycles. The summed E-state index contributed by atoms with van der Waals surface area (Å²) < 4.78 is 34.4. The van der Waals surface area contributed by atoms with Crippen LogP contribution in [0.2, 0.25) is 0 Å². The van der Waals surface area contributed by atoms with Crippen LogP contribution in [0.15, 0.2) is 21.9 Å². The highest BCUT2D eigenvalue weighted by Crippen LogP contribution is 2.33. The minimum absolute atomic E-state index is 0.154. The van der Waals surface area contributed by atoms with Gasteiger partial charge in [-0.05, 0) is 0 Å². The molecule has 0 unspecified atom stereocenters. The Morgan fingerprint density at radius 1 is 1.19 bits per heavy atom. The molecule has 0 spiro atoms. The fraction of sp³-hybridized carbons (Fsp3) is 0.783. The van der Waals surface area contributed by atoms with Crippen LogP contribution in [0.25, 0.3) is 0 Å². The third-order valence-electron chi connectivity index (χ3n) is 7.33. The fourth-order valence-electron chi connectivity index (χ4n) is 5.19. The summed E-state index contributed by atoms with van der Waals surface area (Å²) in [6.07, 6.45) is -12.9. The maximum absolute atomic E-state index is 12.1. The van der Waals surface area contributed by atoms with E-state index in [-0.39, 0.29) is 13.2 Å². The van der Waals surface area contributed by atoms with Crippen LogP contribution in [0.1, 0.15) is 13.2 Å². The molecule has 0 aliphatic carbocycles. The number of nitrogens with one attached hydrogen (secondary N) is 2. The fourth-order valence-corrected chi connectivity index (χ4v) is 5.19. The van der Waals surface area contributed by atoms with Crippen LogP contribution in [0.3, 0.4) is 0 Å². The highest BCUT2D eigenvalue weighted by molar-refractivity contribution is 5.73. The Morgan fingerprint density at radius 2 is 1.90 bits per heavy atom. The van der Waals surface area contributed by atoms with Gasteiger partial charge in [0.15, 0.2) is 12.5 Å². The number of aliphatic hydroxyl groups excluding tert-OH is 4. The van der Waals surface area contributed by atoms with E-state index in [9.17, 15) is 39.9 Å². The zero-order chi connectivity index (χ0) is 30.9. The van der Waals surface area contributed by atoms with Gasteiger partial charge < -0.3 is 70.7 Å². The molecule has 19 nitrogen and oxygen atoms in total. The number of hydrogen-bond donors (Lipinski definition) is 9. The van der Waals surface area contributed by atoms with Crippen LogP contribution in [-0.4, -0.2) is 141 Å². The molecule has 1 aromatic heterocycles. The summed E-state index contributed by atoms with van der Waals surface area (Å²) in [6, 6.07) is -0.901. The Bertz CT molecular complexity index is 1200. The van der Waals surface area contributed by atoms with Gasteiger partial charge in [-0.3, -0.25) is 19.1 Å². The summed E-state index contributed by atoms with van der Waals surface area (Å²) in [5.41, 5.74) is 8.50. The lowest BCUT2D eigenvalue weighted by molar-refractivity contribution is -0.365. The maximum atomic E-state index is 12.1. The van der Waals surface area contributed by atoms with Crippen molar-refractivity contribution in [3.63, 3.8) is 0 Å². The van der Waals surface area contributed by atoms with E-state index in [1.807, 2.05) is 4.98 Å². The Kier molecular flexibility index (Phi) is 10.1. The van der Waals surface area contributed by atoms with Gasteiger partial charge >= 0.3 is 5.69 Å². The molecule has 0 bridgehead atoms. The summed E-state index contributed by atoms with van der Waals surface area (Å²) in [4.78, 5) is 37.2. The summed E-state index contributed by atoms with van der Waals surface area (Å²) in [6.45, 7) is -0.0882. The second-order valence-electron chi connectivity index (χ2n) is 10.3. The Morgan fingerprint density at radius 3 is 2.52 bits per heavy atom. The first-order valence-corrected chi connectivity index (χ1v) is 13.0. The number of aliphatic hydroxyl groups is 5. The van der Waals surface area contributed by atoms with Gasteiger partial charge in [-0.1, -0.05) is 0 Å². The van der Waals surface area contributed by atoms with Gasteiger partial charge in [0.05, 0.1) is 38.0 Å². The standard InChI is InChI=1S/C23H37N5O14/c1-8(30)27-23(36)18(34)17(10(5-29)41-21(23)37-2)42-20-13(25)16(9(24)6-39-20)38-7-11-14(32)15(33)19(40-11)28-4-3-12(31)26-22(28)35/h3-4,9-11,13-21,29,32-34,36H,5-7,24-25H2,1-2H3,(H,27,30)(H,26,31,35)/t9-,10-,11-,13-,14-,15-,16-,17-,18+,19-,20+,21-,23-/m1/s1. The SMILES string of the molecule is CO[C@@H]1O[C@H](CO)[C@@H](O[C@@H]2OC[C@@H](N)[C@@H](OC[C@H]3O[C@@H](n4ccc(=O)[nH]c4=O)[C@H](O)[C@@H]3O)[C@H]2N)[C@H](O)[C@]1(O)NC(C)=O. The zero-order valence-electron chi connectivity index (χ0n) is 22.7. The number of aromatic nitrogens is 2. The highest BCUT2D eigenvalue weighted by Gasteiger charge is 2.58. The smallest absolute Gasteiger partial charge is 0.330 e. The molecule has 4 rings (SSSR count). The third kappa shape index (κ3) is 6.28. The molecule has 13 atom stereocenters. The second-order valence-corrected chi connectivity index (χ2v) is 10.3.